The number of benzene rings is 1. The summed E-state index contributed by atoms with van der Waals surface area (Å²) in [7, 11) is -2.04. The van der Waals surface area contributed by atoms with Gasteiger partial charge in [0, 0.05) is 31.2 Å². The molecule has 0 saturated carbocycles. The minimum Gasteiger partial charge on any atom is -0.383 e. The van der Waals surface area contributed by atoms with Gasteiger partial charge in [0.05, 0.1) is 11.5 Å². The predicted octanol–water partition coefficient (Wildman–Crippen LogP) is 1.10. The summed E-state index contributed by atoms with van der Waals surface area (Å²) >= 11 is 3.03. The minimum absolute atomic E-state index is 0.0193. The van der Waals surface area contributed by atoms with Crippen LogP contribution in [0.1, 0.15) is 0 Å². The monoisotopic (exact) mass is 354 g/mol. The van der Waals surface area contributed by atoms with Crippen LogP contribution in [0.3, 0.4) is 0 Å². The highest BCUT2D eigenvalue weighted by Crippen LogP contribution is 2.22. The van der Waals surface area contributed by atoms with Crippen molar-refractivity contribution >= 4 is 26.0 Å². The SMILES string of the molecule is COCCNCCNS(=O)(=O)c1ccc(F)cc1Br. The Hall–Kier alpha value is -0.540. The van der Waals surface area contributed by atoms with Crippen LogP contribution in [-0.2, 0) is 14.8 Å². The van der Waals surface area contributed by atoms with E-state index in [0.717, 1.165) is 12.1 Å². The van der Waals surface area contributed by atoms with Gasteiger partial charge in [0.15, 0.2) is 0 Å². The number of hydrogen-bond acceptors (Lipinski definition) is 4. The molecule has 0 unspecified atom stereocenters. The van der Waals surface area contributed by atoms with Crippen LogP contribution in [0.2, 0.25) is 0 Å². The van der Waals surface area contributed by atoms with Crippen molar-refractivity contribution in [2.24, 2.45) is 0 Å². The molecule has 1 rings (SSSR count). The molecule has 0 aliphatic rings. The molecule has 0 atom stereocenters. The number of rotatable bonds is 8. The summed E-state index contributed by atoms with van der Waals surface area (Å²) in [5.41, 5.74) is 0. The molecular weight excluding hydrogens is 339 g/mol. The Kier molecular flexibility index (Phi) is 6.87. The van der Waals surface area contributed by atoms with Crippen LogP contribution in [0, 0.1) is 5.82 Å². The molecule has 108 valence electrons. The molecule has 0 fully saturated rings. The number of methoxy groups -OCH3 is 1. The Bertz CT molecular complexity index is 511. The van der Waals surface area contributed by atoms with Crippen molar-refractivity contribution in [1.82, 2.24) is 10.0 Å². The number of hydrogen-bond donors (Lipinski definition) is 2. The van der Waals surface area contributed by atoms with E-state index in [9.17, 15) is 12.8 Å². The van der Waals surface area contributed by atoms with Gasteiger partial charge in [0.25, 0.3) is 0 Å². The minimum atomic E-state index is -3.64. The van der Waals surface area contributed by atoms with Gasteiger partial charge in [0.2, 0.25) is 10.0 Å². The van der Waals surface area contributed by atoms with Crippen LogP contribution in [0.15, 0.2) is 27.6 Å². The average Bonchev–Trinajstić information content (AvgIpc) is 2.33. The summed E-state index contributed by atoms with van der Waals surface area (Å²) < 4.78 is 44.2. The van der Waals surface area contributed by atoms with Gasteiger partial charge < -0.3 is 10.1 Å². The normalized spacial score (nSPS) is 11.7. The highest BCUT2D eigenvalue weighted by molar-refractivity contribution is 9.10. The van der Waals surface area contributed by atoms with E-state index < -0.39 is 15.8 Å². The highest BCUT2D eigenvalue weighted by atomic mass is 79.9. The maximum atomic E-state index is 12.9. The van der Waals surface area contributed by atoms with Crippen molar-refractivity contribution in [2.75, 3.05) is 33.4 Å². The molecule has 0 bridgehead atoms. The van der Waals surface area contributed by atoms with E-state index in [1.807, 2.05) is 0 Å². The van der Waals surface area contributed by atoms with Gasteiger partial charge in [-0.25, -0.2) is 17.5 Å². The maximum Gasteiger partial charge on any atom is 0.241 e. The molecule has 0 radical (unpaired) electrons. The van der Waals surface area contributed by atoms with Crippen molar-refractivity contribution in [3.05, 3.63) is 28.5 Å². The lowest BCUT2D eigenvalue weighted by Gasteiger charge is -2.09. The van der Waals surface area contributed by atoms with Crippen molar-refractivity contribution < 1.29 is 17.5 Å². The molecule has 0 saturated heterocycles. The zero-order valence-corrected chi connectivity index (χ0v) is 12.9. The third-order valence-corrected chi connectivity index (χ3v) is 4.70. The van der Waals surface area contributed by atoms with Gasteiger partial charge in [0.1, 0.15) is 5.82 Å². The first-order chi connectivity index (χ1) is 8.97. The summed E-state index contributed by atoms with van der Waals surface area (Å²) in [6.45, 7) is 1.95. The topological polar surface area (TPSA) is 67.4 Å². The highest BCUT2D eigenvalue weighted by Gasteiger charge is 2.17. The number of halogens is 2. The summed E-state index contributed by atoms with van der Waals surface area (Å²) in [6.07, 6.45) is 0. The van der Waals surface area contributed by atoms with Crippen LogP contribution in [-0.4, -0.2) is 41.8 Å². The molecular formula is C11H16BrFN2O3S. The van der Waals surface area contributed by atoms with Crippen LogP contribution in [0.4, 0.5) is 4.39 Å². The van der Waals surface area contributed by atoms with E-state index in [-0.39, 0.29) is 15.9 Å². The molecule has 0 aliphatic heterocycles. The van der Waals surface area contributed by atoms with Crippen molar-refractivity contribution in [3.63, 3.8) is 0 Å². The first kappa shape index (κ1) is 16.5. The first-order valence-electron chi connectivity index (χ1n) is 5.62. The first-order valence-corrected chi connectivity index (χ1v) is 7.89. The summed E-state index contributed by atoms with van der Waals surface area (Å²) in [6, 6.07) is 3.45. The quantitative estimate of drug-likeness (QED) is 0.686. The van der Waals surface area contributed by atoms with E-state index in [1.165, 1.54) is 6.07 Å². The van der Waals surface area contributed by atoms with E-state index in [2.05, 4.69) is 26.0 Å². The van der Waals surface area contributed by atoms with Gasteiger partial charge in [-0.2, -0.15) is 0 Å². The van der Waals surface area contributed by atoms with Crippen LogP contribution >= 0.6 is 15.9 Å². The second-order valence-corrected chi connectivity index (χ2v) is 6.31. The molecule has 0 aliphatic carbocycles. The zero-order valence-electron chi connectivity index (χ0n) is 10.4. The molecule has 0 heterocycles. The van der Waals surface area contributed by atoms with Crippen molar-refractivity contribution in [2.45, 2.75) is 4.90 Å². The van der Waals surface area contributed by atoms with Crippen LogP contribution < -0.4 is 10.0 Å². The van der Waals surface area contributed by atoms with E-state index in [4.69, 9.17) is 4.74 Å². The third kappa shape index (κ3) is 5.53. The lowest BCUT2D eigenvalue weighted by molar-refractivity contribution is 0.199. The predicted molar refractivity (Wildman–Crippen MR) is 74.0 cm³/mol. The molecule has 2 N–H and O–H groups in total. The Balaban J connectivity index is 2.52. The fourth-order valence-corrected chi connectivity index (χ4v) is 3.42. The van der Waals surface area contributed by atoms with Crippen LogP contribution in [0.25, 0.3) is 0 Å². The Morgan fingerprint density at radius 2 is 2.05 bits per heavy atom. The van der Waals surface area contributed by atoms with Crippen LogP contribution in [0.5, 0.6) is 0 Å². The molecule has 5 nitrogen and oxygen atoms in total. The smallest absolute Gasteiger partial charge is 0.241 e. The third-order valence-electron chi connectivity index (χ3n) is 2.26. The van der Waals surface area contributed by atoms with Gasteiger partial charge >= 0.3 is 0 Å². The fourth-order valence-electron chi connectivity index (χ4n) is 1.34. The average molecular weight is 355 g/mol. The molecule has 1 aromatic carbocycles. The Labute approximate surface area is 120 Å². The van der Waals surface area contributed by atoms with Gasteiger partial charge in [-0.15, -0.1) is 0 Å². The second kappa shape index (κ2) is 7.91. The molecule has 1 aromatic rings. The summed E-state index contributed by atoms with van der Waals surface area (Å²) in [5.74, 6) is -0.493. The summed E-state index contributed by atoms with van der Waals surface area (Å²) in [4.78, 5) is 0.0193. The number of ether oxygens (including phenoxy) is 1. The van der Waals surface area contributed by atoms with Gasteiger partial charge in [-0.1, -0.05) is 0 Å². The second-order valence-electron chi connectivity index (χ2n) is 3.72. The molecule has 19 heavy (non-hydrogen) atoms. The van der Waals surface area contributed by atoms with E-state index >= 15 is 0 Å². The van der Waals surface area contributed by atoms with Crippen molar-refractivity contribution in [3.8, 4) is 0 Å². The number of sulfonamides is 1. The van der Waals surface area contributed by atoms with E-state index in [0.29, 0.717) is 19.7 Å². The Morgan fingerprint density at radius 1 is 1.32 bits per heavy atom. The fraction of sp³-hybridized carbons (Fsp3) is 0.455. The lowest BCUT2D eigenvalue weighted by Crippen LogP contribution is -2.33. The molecule has 0 spiro atoms. The number of nitrogens with one attached hydrogen (secondary N) is 2. The van der Waals surface area contributed by atoms with Gasteiger partial charge in [-0.3, -0.25) is 0 Å². The lowest BCUT2D eigenvalue weighted by atomic mass is 10.3. The largest absolute Gasteiger partial charge is 0.383 e. The maximum absolute atomic E-state index is 12.9. The zero-order chi connectivity index (χ0) is 14.3. The summed E-state index contributed by atoms with van der Waals surface area (Å²) in [5, 5.41) is 3.01. The molecule has 0 aromatic heterocycles. The molecule has 8 heteroatoms. The van der Waals surface area contributed by atoms with E-state index in [1.54, 1.807) is 7.11 Å². The van der Waals surface area contributed by atoms with Gasteiger partial charge in [-0.05, 0) is 34.1 Å². The van der Waals surface area contributed by atoms with Crippen molar-refractivity contribution in [1.29, 1.82) is 0 Å². The standard InChI is InChI=1S/C11H16BrFN2O3S/c1-18-7-6-14-4-5-15-19(16,17)11-3-2-9(13)8-10(11)12/h2-3,8,14-15H,4-7H2,1H3. The Morgan fingerprint density at radius 3 is 2.68 bits per heavy atom. The molecule has 0 amide bonds.